The first kappa shape index (κ1) is 14.5. The van der Waals surface area contributed by atoms with Gasteiger partial charge in [0.05, 0.1) is 0 Å². The molecule has 0 spiro atoms. The minimum atomic E-state index is 1.21. The van der Waals surface area contributed by atoms with Gasteiger partial charge in [-0.1, -0.05) is 54.6 Å². The van der Waals surface area contributed by atoms with Crippen molar-refractivity contribution in [2.45, 2.75) is 25.7 Å². The summed E-state index contributed by atoms with van der Waals surface area (Å²) in [5.41, 5.74) is 9.32. The standard InChI is InChI=1S/C24H21N/c1-2-6-17(7-3-1)18-10-12-19(13-11-18)23-16-22-14-20-8-4-5-9-21(20)15-24(22)25-23/h1-3,6-7,10-16,25H,4-5,8-9H2. The first-order chi connectivity index (χ1) is 12.4. The number of hydrogen-bond acceptors (Lipinski definition) is 0. The third kappa shape index (κ3) is 2.66. The monoisotopic (exact) mass is 323 g/mol. The van der Waals surface area contributed by atoms with Crippen molar-refractivity contribution in [1.82, 2.24) is 4.98 Å². The maximum Gasteiger partial charge on any atom is 0.0464 e. The zero-order chi connectivity index (χ0) is 16.6. The van der Waals surface area contributed by atoms with E-state index in [1.807, 2.05) is 0 Å². The van der Waals surface area contributed by atoms with E-state index < -0.39 is 0 Å². The Balaban J connectivity index is 1.52. The highest BCUT2D eigenvalue weighted by atomic mass is 14.7. The van der Waals surface area contributed by atoms with Crippen LogP contribution in [0.4, 0.5) is 0 Å². The van der Waals surface area contributed by atoms with Gasteiger partial charge in [0.15, 0.2) is 0 Å². The molecule has 0 atom stereocenters. The Hall–Kier alpha value is -2.80. The Labute approximate surface area is 148 Å². The summed E-state index contributed by atoms with van der Waals surface area (Å²) in [7, 11) is 0. The van der Waals surface area contributed by atoms with Gasteiger partial charge in [-0.2, -0.15) is 0 Å². The third-order valence-electron chi connectivity index (χ3n) is 5.39. The van der Waals surface area contributed by atoms with E-state index in [9.17, 15) is 0 Å². The molecule has 0 radical (unpaired) electrons. The summed E-state index contributed by atoms with van der Waals surface area (Å²) in [6.45, 7) is 0. The van der Waals surface area contributed by atoms with Crippen LogP contribution in [0, 0.1) is 0 Å². The minimum absolute atomic E-state index is 1.21. The zero-order valence-electron chi connectivity index (χ0n) is 14.3. The SMILES string of the molecule is c1ccc(-c2ccc(-c3cc4cc5c(cc4[nH]3)CCCC5)cc2)cc1. The molecular formula is C24H21N. The van der Waals surface area contributed by atoms with E-state index in [0.717, 1.165) is 0 Å². The Kier molecular flexibility index (Phi) is 3.45. The first-order valence-corrected chi connectivity index (χ1v) is 9.17. The Bertz CT molecular complexity index is 980. The van der Waals surface area contributed by atoms with Crippen molar-refractivity contribution in [2.75, 3.05) is 0 Å². The van der Waals surface area contributed by atoms with Crippen molar-refractivity contribution < 1.29 is 0 Å². The summed E-state index contributed by atoms with van der Waals surface area (Å²) in [4.78, 5) is 3.62. The van der Waals surface area contributed by atoms with Crippen molar-refractivity contribution in [3.8, 4) is 22.4 Å². The summed E-state index contributed by atoms with van der Waals surface area (Å²) in [6, 6.07) is 26.4. The number of hydrogen-bond donors (Lipinski definition) is 1. The van der Waals surface area contributed by atoms with Gasteiger partial charge < -0.3 is 4.98 Å². The predicted molar refractivity (Wildman–Crippen MR) is 106 cm³/mol. The molecule has 0 unspecified atom stereocenters. The molecule has 0 bridgehead atoms. The normalized spacial score (nSPS) is 13.8. The summed E-state index contributed by atoms with van der Waals surface area (Å²) >= 11 is 0. The van der Waals surface area contributed by atoms with Crippen LogP contribution in [0.25, 0.3) is 33.3 Å². The molecule has 5 rings (SSSR count). The molecule has 1 heterocycles. The molecule has 1 nitrogen and oxygen atoms in total. The lowest BCUT2D eigenvalue weighted by Gasteiger charge is -2.15. The lowest BCUT2D eigenvalue weighted by atomic mass is 9.91. The largest absolute Gasteiger partial charge is 0.355 e. The minimum Gasteiger partial charge on any atom is -0.355 e. The van der Waals surface area contributed by atoms with Gasteiger partial charge in [-0.3, -0.25) is 0 Å². The summed E-state index contributed by atoms with van der Waals surface area (Å²) in [5, 5.41) is 1.34. The molecule has 1 aromatic heterocycles. The third-order valence-corrected chi connectivity index (χ3v) is 5.39. The Morgan fingerprint density at radius 2 is 1.24 bits per heavy atom. The van der Waals surface area contributed by atoms with Crippen molar-refractivity contribution >= 4 is 10.9 Å². The van der Waals surface area contributed by atoms with Gasteiger partial charge in [0, 0.05) is 16.6 Å². The Morgan fingerprint density at radius 1 is 0.600 bits per heavy atom. The highest BCUT2D eigenvalue weighted by molar-refractivity contribution is 5.87. The molecule has 0 fully saturated rings. The molecule has 0 amide bonds. The van der Waals surface area contributed by atoms with Gasteiger partial charge in [0.2, 0.25) is 0 Å². The number of fused-ring (bicyclic) bond motifs is 2. The van der Waals surface area contributed by atoms with Gasteiger partial charge >= 0.3 is 0 Å². The smallest absolute Gasteiger partial charge is 0.0464 e. The maximum absolute atomic E-state index is 3.62. The van der Waals surface area contributed by atoms with Crippen molar-refractivity contribution in [2.24, 2.45) is 0 Å². The van der Waals surface area contributed by atoms with Crippen LogP contribution in [0.1, 0.15) is 24.0 Å². The molecule has 0 saturated heterocycles. The fourth-order valence-corrected chi connectivity index (χ4v) is 4.00. The van der Waals surface area contributed by atoms with Gasteiger partial charge in [0.1, 0.15) is 0 Å². The van der Waals surface area contributed by atoms with Gasteiger partial charge in [-0.15, -0.1) is 0 Å². The molecular weight excluding hydrogens is 302 g/mol. The number of rotatable bonds is 2. The molecule has 1 N–H and O–H groups in total. The van der Waals surface area contributed by atoms with E-state index in [0.29, 0.717) is 0 Å². The molecule has 3 aromatic carbocycles. The maximum atomic E-state index is 3.62. The van der Waals surface area contributed by atoms with E-state index in [1.165, 1.54) is 64.5 Å². The summed E-state index contributed by atoms with van der Waals surface area (Å²) in [5.74, 6) is 0. The number of aryl methyl sites for hydroxylation is 2. The molecule has 1 aliphatic rings. The van der Waals surface area contributed by atoms with Gasteiger partial charge in [0.25, 0.3) is 0 Å². The lowest BCUT2D eigenvalue weighted by molar-refractivity contribution is 0.687. The van der Waals surface area contributed by atoms with Crippen molar-refractivity contribution in [3.63, 3.8) is 0 Å². The highest BCUT2D eigenvalue weighted by Crippen LogP contribution is 2.31. The van der Waals surface area contributed by atoms with Crippen molar-refractivity contribution in [3.05, 3.63) is 83.9 Å². The molecule has 0 aliphatic heterocycles. The number of H-pyrrole nitrogens is 1. The molecule has 4 aromatic rings. The van der Waals surface area contributed by atoms with Crippen LogP contribution in [0.3, 0.4) is 0 Å². The number of nitrogens with one attached hydrogen (secondary N) is 1. The Morgan fingerprint density at radius 3 is 2.00 bits per heavy atom. The van der Waals surface area contributed by atoms with E-state index in [-0.39, 0.29) is 0 Å². The second-order valence-electron chi connectivity index (χ2n) is 7.04. The van der Waals surface area contributed by atoms with E-state index >= 15 is 0 Å². The lowest BCUT2D eigenvalue weighted by Crippen LogP contribution is -2.01. The van der Waals surface area contributed by atoms with Crippen LogP contribution >= 0.6 is 0 Å². The predicted octanol–water partition coefficient (Wildman–Crippen LogP) is 6.38. The fourth-order valence-electron chi connectivity index (χ4n) is 4.00. The average Bonchev–Trinajstić information content (AvgIpc) is 3.10. The molecule has 25 heavy (non-hydrogen) atoms. The number of benzene rings is 3. The number of aromatic amines is 1. The average molecular weight is 323 g/mol. The molecule has 0 saturated carbocycles. The second-order valence-corrected chi connectivity index (χ2v) is 7.04. The van der Waals surface area contributed by atoms with Crippen LogP contribution < -0.4 is 0 Å². The summed E-state index contributed by atoms with van der Waals surface area (Å²) < 4.78 is 0. The molecule has 1 heteroatoms. The van der Waals surface area contributed by atoms with Crippen molar-refractivity contribution in [1.29, 1.82) is 0 Å². The topological polar surface area (TPSA) is 15.8 Å². The first-order valence-electron chi connectivity index (χ1n) is 9.17. The molecule has 122 valence electrons. The zero-order valence-corrected chi connectivity index (χ0v) is 14.3. The van der Waals surface area contributed by atoms with Crippen LogP contribution in [0.5, 0.6) is 0 Å². The van der Waals surface area contributed by atoms with E-state index in [2.05, 4.69) is 77.8 Å². The van der Waals surface area contributed by atoms with Crippen LogP contribution in [-0.2, 0) is 12.8 Å². The highest BCUT2D eigenvalue weighted by Gasteiger charge is 2.12. The number of aromatic nitrogens is 1. The van der Waals surface area contributed by atoms with E-state index in [1.54, 1.807) is 5.56 Å². The quantitative estimate of drug-likeness (QED) is 0.440. The van der Waals surface area contributed by atoms with Crippen LogP contribution in [-0.4, -0.2) is 4.98 Å². The van der Waals surface area contributed by atoms with Gasteiger partial charge in [-0.05, 0) is 71.7 Å². The molecule has 1 aliphatic carbocycles. The van der Waals surface area contributed by atoms with E-state index in [4.69, 9.17) is 0 Å². The summed E-state index contributed by atoms with van der Waals surface area (Å²) in [6.07, 6.45) is 5.12. The van der Waals surface area contributed by atoms with Crippen LogP contribution in [0.2, 0.25) is 0 Å². The fraction of sp³-hybridized carbons (Fsp3) is 0.167. The second kappa shape index (κ2) is 5.93. The van der Waals surface area contributed by atoms with Gasteiger partial charge in [-0.25, -0.2) is 0 Å². The van der Waals surface area contributed by atoms with Crippen LogP contribution in [0.15, 0.2) is 72.8 Å².